The predicted molar refractivity (Wildman–Crippen MR) is 59.5 cm³/mol. The molecule has 0 aliphatic rings. The average molecular weight is 228 g/mol. The lowest BCUT2D eigenvalue weighted by Crippen LogP contribution is -1.84. The first kappa shape index (κ1) is 9.52. The molecule has 0 bridgehead atoms. The molecule has 84 valence electrons. The molecule has 3 rings (SSSR count). The molecule has 7 heteroatoms. The van der Waals surface area contributed by atoms with Gasteiger partial charge in [0.05, 0.1) is 0 Å². The van der Waals surface area contributed by atoms with Gasteiger partial charge in [-0.3, -0.25) is 10.1 Å². The summed E-state index contributed by atoms with van der Waals surface area (Å²) in [5, 5.41) is 10.3. The second-order valence-corrected chi connectivity index (χ2v) is 3.34. The highest BCUT2D eigenvalue weighted by Gasteiger charge is 2.12. The van der Waals surface area contributed by atoms with Crippen LogP contribution in [0.25, 0.3) is 23.1 Å². The number of nitrogens with zero attached hydrogens (tertiary/aromatic N) is 4. The van der Waals surface area contributed by atoms with Gasteiger partial charge in [-0.05, 0) is 12.1 Å². The summed E-state index contributed by atoms with van der Waals surface area (Å²) in [5.41, 5.74) is 6.72. The highest BCUT2D eigenvalue weighted by molar-refractivity contribution is 5.56. The van der Waals surface area contributed by atoms with Gasteiger partial charge in [0.15, 0.2) is 0 Å². The van der Waals surface area contributed by atoms with Gasteiger partial charge in [-0.15, -0.1) is 0 Å². The third-order valence-electron chi connectivity index (χ3n) is 2.15. The molecule has 3 aromatic rings. The van der Waals surface area contributed by atoms with Gasteiger partial charge in [-0.25, -0.2) is 0 Å². The van der Waals surface area contributed by atoms with Crippen molar-refractivity contribution in [1.29, 1.82) is 0 Å². The van der Waals surface area contributed by atoms with Crippen molar-refractivity contribution in [3.05, 3.63) is 30.5 Å². The summed E-state index contributed by atoms with van der Waals surface area (Å²) in [7, 11) is 0. The van der Waals surface area contributed by atoms with Gasteiger partial charge in [0.2, 0.25) is 5.82 Å². The lowest BCUT2D eigenvalue weighted by molar-refractivity contribution is 0.430. The maximum Gasteiger partial charge on any atom is 0.276 e. The fourth-order valence-electron chi connectivity index (χ4n) is 1.38. The Labute approximate surface area is 95.7 Å². The zero-order valence-corrected chi connectivity index (χ0v) is 8.66. The second-order valence-electron chi connectivity index (χ2n) is 3.34. The van der Waals surface area contributed by atoms with E-state index in [1.807, 2.05) is 12.1 Å². The van der Waals surface area contributed by atoms with Crippen molar-refractivity contribution >= 4 is 5.82 Å². The Morgan fingerprint density at radius 2 is 2.24 bits per heavy atom. The minimum absolute atomic E-state index is 0.329. The van der Waals surface area contributed by atoms with Crippen LogP contribution in [-0.4, -0.2) is 25.3 Å². The Kier molecular flexibility index (Phi) is 2.08. The van der Waals surface area contributed by atoms with Crippen LogP contribution in [0.3, 0.4) is 0 Å². The summed E-state index contributed by atoms with van der Waals surface area (Å²) < 4.78 is 5.09. The molecule has 0 atom stereocenters. The lowest BCUT2D eigenvalue weighted by Gasteiger charge is -1.89. The normalized spacial score (nSPS) is 10.6. The van der Waals surface area contributed by atoms with E-state index in [0.29, 0.717) is 28.9 Å². The van der Waals surface area contributed by atoms with Crippen molar-refractivity contribution in [2.75, 3.05) is 5.73 Å². The molecular formula is C10H8N6O. The smallest absolute Gasteiger partial charge is 0.276 e. The molecule has 17 heavy (non-hydrogen) atoms. The van der Waals surface area contributed by atoms with Gasteiger partial charge in [0.1, 0.15) is 17.2 Å². The largest absolute Gasteiger partial charge is 0.382 e. The van der Waals surface area contributed by atoms with Crippen LogP contribution < -0.4 is 5.73 Å². The van der Waals surface area contributed by atoms with E-state index in [4.69, 9.17) is 10.3 Å². The second kappa shape index (κ2) is 3.71. The van der Waals surface area contributed by atoms with Crippen LogP contribution in [0.15, 0.2) is 35.0 Å². The number of rotatable bonds is 2. The maximum absolute atomic E-state index is 5.49. The molecular weight excluding hydrogens is 220 g/mol. The van der Waals surface area contributed by atoms with Gasteiger partial charge < -0.3 is 10.3 Å². The maximum atomic E-state index is 5.49. The van der Waals surface area contributed by atoms with Crippen molar-refractivity contribution in [2.45, 2.75) is 0 Å². The van der Waals surface area contributed by atoms with Crippen molar-refractivity contribution in [2.24, 2.45) is 0 Å². The SMILES string of the molecule is Nc1cc(-c2nc(-c3ccccn3)no2)[nH]n1. The fraction of sp³-hybridized carbons (Fsp3) is 0. The predicted octanol–water partition coefficient (Wildman–Crippen LogP) is 1.10. The standard InChI is InChI=1S/C10H8N6O/c11-8-5-7(14-15-8)10-13-9(16-17-10)6-3-1-2-4-12-6/h1-5H,(H3,11,14,15). The Morgan fingerprint density at radius 1 is 1.29 bits per heavy atom. The summed E-state index contributed by atoms with van der Waals surface area (Å²) >= 11 is 0. The fourth-order valence-corrected chi connectivity index (χ4v) is 1.38. The first-order valence-corrected chi connectivity index (χ1v) is 4.89. The van der Waals surface area contributed by atoms with Gasteiger partial charge >= 0.3 is 0 Å². The number of H-pyrrole nitrogens is 1. The van der Waals surface area contributed by atoms with E-state index >= 15 is 0 Å². The molecule has 3 N–H and O–H groups in total. The molecule has 0 fully saturated rings. The summed E-state index contributed by atoms with van der Waals surface area (Å²) in [6.07, 6.45) is 1.67. The summed E-state index contributed by atoms with van der Waals surface area (Å²) in [4.78, 5) is 8.32. The van der Waals surface area contributed by atoms with Crippen molar-refractivity contribution in [3.8, 4) is 23.1 Å². The first-order valence-electron chi connectivity index (χ1n) is 4.89. The molecule has 0 saturated carbocycles. The van der Waals surface area contributed by atoms with Gasteiger partial charge in [0.25, 0.3) is 5.89 Å². The zero-order valence-electron chi connectivity index (χ0n) is 8.66. The average Bonchev–Trinajstić information content (AvgIpc) is 2.98. The van der Waals surface area contributed by atoms with Crippen molar-refractivity contribution in [1.82, 2.24) is 25.3 Å². The molecule has 0 aromatic carbocycles. The van der Waals surface area contributed by atoms with Crippen LogP contribution in [0.4, 0.5) is 5.82 Å². The van der Waals surface area contributed by atoms with E-state index in [-0.39, 0.29) is 0 Å². The first-order chi connectivity index (χ1) is 8.33. The van der Waals surface area contributed by atoms with Crippen molar-refractivity contribution in [3.63, 3.8) is 0 Å². The molecule has 3 aromatic heterocycles. The minimum atomic E-state index is 0.329. The highest BCUT2D eigenvalue weighted by Crippen LogP contribution is 2.19. The van der Waals surface area contributed by atoms with Crippen LogP contribution in [0.1, 0.15) is 0 Å². The quantitative estimate of drug-likeness (QED) is 0.680. The van der Waals surface area contributed by atoms with Crippen LogP contribution in [0, 0.1) is 0 Å². The van der Waals surface area contributed by atoms with E-state index in [9.17, 15) is 0 Å². The minimum Gasteiger partial charge on any atom is -0.382 e. The number of nitrogen functional groups attached to an aromatic ring is 1. The Bertz CT molecular complexity index is 629. The highest BCUT2D eigenvalue weighted by atomic mass is 16.5. The third kappa shape index (κ3) is 1.73. The Morgan fingerprint density at radius 3 is 2.94 bits per heavy atom. The van der Waals surface area contributed by atoms with Gasteiger partial charge in [0, 0.05) is 12.3 Å². The van der Waals surface area contributed by atoms with E-state index in [2.05, 4.69) is 25.3 Å². The van der Waals surface area contributed by atoms with E-state index in [1.165, 1.54) is 0 Å². The summed E-state index contributed by atoms with van der Waals surface area (Å²) in [6.45, 7) is 0. The molecule has 0 saturated heterocycles. The number of hydrogen-bond donors (Lipinski definition) is 2. The number of nitrogens with one attached hydrogen (secondary N) is 1. The van der Waals surface area contributed by atoms with Crippen molar-refractivity contribution < 1.29 is 4.52 Å². The molecule has 0 radical (unpaired) electrons. The number of pyridine rings is 1. The van der Waals surface area contributed by atoms with Gasteiger partial charge in [-0.2, -0.15) is 10.1 Å². The molecule has 0 unspecified atom stereocenters. The summed E-state index contributed by atoms with van der Waals surface area (Å²) in [5.74, 6) is 1.13. The van der Waals surface area contributed by atoms with Gasteiger partial charge in [-0.1, -0.05) is 11.2 Å². The van der Waals surface area contributed by atoms with Crippen LogP contribution >= 0.6 is 0 Å². The molecule has 7 nitrogen and oxygen atoms in total. The number of anilines is 1. The zero-order chi connectivity index (χ0) is 11.7. The van der Waals surface area contributed by atoms with Crippen LogP contribution in [0.5, 0.6) is 0 Å². The molecule has 0 spiro atoms. The topological polar surface area (TPSA) is 107 Å². The lowest BCUT2D eigenvalue weighted by atomic mass is 10.3. The van der Waals surface area contributed by atoms with E-state index in [1.54, 1.807) is 18.3 Å². The van der Waals surface area contributed by atoms with E-state index in [0.717, 1.165) is 0 Å². The number of aromatic nitrogens is 5. The Hall–Kier alpha value is -2.70. The monoisotopic (exact) mass is 228 g/mol. The molecule has 0 aliphatic carbocycles. The van der Waals surface area contributed by atoms with Crippen LogP contribution in [0.2, 0.25) is 0 Å². The number of aromatic amines is 1. The van der Waals surface area contributed by atoms with Crippen LogP contribution in [-0.2, 0) is 0 Å². The third-order valence-corrected chi connectivity index (χ3v) is 2.15. The summed E-state index contributed by atoms with van der Waals surface area (Å²) in [6, 6.07) is 7.10. The molecule has 0 amide bonds. The molecule has 0 aliphatic heterocycles. The number of hydrogen-bond acceptors (Lipinski definition) is 6. The number of nitrogens with two attached hydrogens (primary N) is 1. The van der Waals surface area contributed by atoms with E-state index < -0.39 is 0 Å². The Balaban J connectivity index is 1.99. The molecule has 3 heterocycles.